The molecular formula is C16H20N6. The Morgan fingerprint density at radius 1 is 1.18 bits per heavy atom. The first-order valence-corrected chi connectivity index (χ1v) is 7.77. The van der Waals surface area contributed by atoms with E-state index >= 15 is 0 Å². The number of hydrogen-bond donors (Lipinski definition) is 0. The normalized spacial score (nSPS) is 16.5. The van der Waals surface area contributed by atoms with Gasteiger partial charge in [-0.1, -0.05) is 26.0 Å². The first-order valence-electron chi connectivity index (χ1n) is 7.77. The van der Waals surface area contributed by atoms with E-state index in [4.69, 9.17) is 4.99 Å². The zero-order chi connectivity index (χ0) is 15.1. The molecule has 114 valence electrons. The minimum Gasteiger partial charge on any atom is -0.289 e. The summed E-state index contributed by atoms with van der Waals surface area (Å²) in [6, 6.07) is 8.37. The molecule has 2 aliphatic heterocycles. The third-order valence-electron chi connectivity index (χ3n) is 4.37. The van der Waals surface area contributed by atoms with Crippen molar-refractivity contribution in [1.82, 2.24) is 19.5 Å². The summed E-state index contributed by atoms with van der Waals surface area (Å²) >= 11 is 0. The summed E-state index contributed by atoms with van der Waals surface area (Å²) in [6.45, 7) is 8.00. The Morgan fingerprint density at radius 2 is 2.00 bits per heavy atom. The van der Waals surface area contributed by atoms with Crippen molar-refractivity contribution < 1.29 is 0 Å². The highest BCUT2D eigenvalue weighted by atomic mass is 15.7. The van der Waals surface area contributed by atoms with Crippen molar-refractivity contribution in [3.63, 3.8) is 0 Å². The van der Waals surface area contributed by atoms with Crippen LogP contribution in [0.2, 0.25) is 0 Å². The van der Waals surface area contributed by atoms with E-state index in [1.54, 1.807) is 0 Å². The molecule has 2 aliphatic rings. The fourth-order valence-corrected chi connectivity index (χ4v) is 3.13. The molecule has 0 aliphatic carbocycles. The maximum atomic E-state index is 4.78. The minimum atomic E-state index is 0.686. The molecular weight excluding hydrogens is 276 g/mol. The van der Waals surface area contributed by atoms with Crippen LogP contribution in [0.15, 0.2) is 41.8 Å². The Balaban J connectivity index is 1.75. The van der Waals surface area contributed by atoms with Crippen LogP contribution in [0.5, 0.6) is 0 Å². The highest BCUT2D eigenvalue weighted by Crippen LogP contribution is 2.33. The van der Waals surface area contributed by atoms with Gasteiger partial charge < -0.3 is 0 Å². The van der Waals surface area contributed by atoms with E-state index in [1.165, 1.54) is 0 Å². The first-order chi connectivity index (χ1) is 10.8. The average Bonchev–Trinajstić information content (AvgIpc) is 3.19. The fourth-order valence-electron chi connectivity index (χ4n) is 3.13. The van der Waals surface area contributed by atoms with Gasteiger partial charge in [-0.05, 0) is 25.2 Å². The molecule has 4 rings (SSSR count). The van der Waals surface area contributed by atoms with Crippen LogP contribution in [0.4, 0.5) is 5.82 Å². The number of benzene rings is 1. The summed E-state index contributed by atoms with van der Waals surface area (Å²) in [5.41, 5.74) is 2.31. The topological polar surface area (TPSA) is 39.9 Å². The third-order valence-corrected chi connectivity index (χ3v) is 4.37. The molecule has 0 fully saturated rings. The van der Waals surface area contributed by atoms with Gasteiger partial charge in [0.2, 0.25) is 0 Å². The van der Waals surface area contributed by atoms with Gasteiger partial charge in [-0.2, -0.15) is 5.01 Å². The molecule has 6 nitrogen and oxygen atoms in total. The summed E-state index contributed by atoms with van der Waals surface area (Å²) < 4.78 is 2.13. The number of hydrazine groups is 1. The Morgan fingerprint density at radius 3 is 2.82 bits per heavy atom. The summed E-state index contributed by atoms with van der Waals surface area (Å²) in [7, 11) is 0. The maximum absolute atomic E-state index is 4.78. The van der Waals surface area contributed by atoms with E-state index in [9.17, 15) is 0 Å². The lowest BCUT2D eigenvalue weighted by Crippen LogP contribution is -2.49. The molecule has 0 radical (unpaired) electrons. The van der Waals surface area contributed by atoms with Crippen LogP contribution in [0.3, 0.4) is 0 Å². The van der Waals surface area contributed by atoms with E-state index in [-0.39, 0.29) is 0 Å². The molecule has 0 atom stereocenters. The summed E-state index contributed by atoms with van der Waals surface area (Å²) in [5, 5.41) is 4.47. The van der Waals surface area contributed by atoms with Crippen LogP contribution < -0.4 is 5.01 Å². The monoisotopic (exact) mass is 296 g/mol. The molecule has 0 N–H and O–H groups in total. The molecule has 1 aromatic carbocycles. The molecule has 0 amide bonds. The molecule has 1 aromatic heterocycles. The number of hydrogen-bond acceptors (Lipinski definition) is 5. The second-order valence-electron chi connectivity index (χ2n) is 5.53. The highest BCUT2D eigenvalue weighted by molar-refractivity contribution is 6.14. The van der Waals surface area contributed by atoms with Gasteiger partial charge in [0, 0.05) is 5.56 Å². The lowest BCUT2D eigenvalue weighted by molar-refractivity contribution is 0.156. The van der Waals surface area contributed by atoms with E-state index in [0.29, 0.717) is 6.67 Å². The number of imidazole rings is 1. The third kappa shape index (κ3) is 1.88. The van der Waals surface area contributed by atoms with Crippen molar-refractivity contribution in [3.05, 3.63) is 42.4 Å². The molecule has 2 aromatic rings. The molecule has 0 saturated heterocycles. The van der Waals surface area contributed by atoms with Crippen LogP contribution in [-0.2, 0) is 0 Å². The Kier molecular flexibility index (Phi) is 3.20. The summed E-state index contributed by atoms with van der Waals surface area (Å²) in [6.07, 6.45) is 3.78. The second kappa shape index (κ2) is 5.23. The largest absolute Gasteiger partial charge is 0.289 e. The predicted molar refractivity (Wildman–Crippen MR) is 87.1 cm³/mol. The van der Waals surface area contributed by atoms with Gasteiger partial charge in [-0.15, -0.1) is 0 Å². The first kappa shape index (κ1) is 13.5. The van der Waals surface area contributed by atoms with Crippen LogP contribution in [0.1, 0.15) is 19.4 Å². The number of aromatic nitrogens is 2. The minimum absolute atomic E-state index is 0.686. The SMILES string of the molecule is CCN(CC)CN1CN=C2c3ccccc3-n3cncc3N21. The Bertz CT molecular complexity index is 715. The molecule has 6 heteroatoms. The van der Waals surface area contributed by atoms with Gasteiger partial charge in [-0.25, -0.2) is 15.0 Å². The number of amidine groups is 1. The summed E-state index contributed by atoms with van der Waals surface area (Å²) in [4.78, 5) is 11.5. The Labute approximate surface area is 130 Å². The summed E-state index contributed by atoms with van der Waals surface area (Å²) in [5.74, 6) is 2.08. The fraction of sp³-hybridized carbons (Fsp3) is 0.375. The van der Waals surface area contributed by atoms with E-state index < -0.39 is 0 Å². The maximum Gasteiger partial charge on any atom is 0.155 e. The lowest BCUT2D eigenvalue weighted by Gasteiger charge is -2.36. The smallest absolute Gasteiger partial charge is 0.155 e. The Hall–Kier alpha value is -2.18. The van der Waals surface area contributed by atoms with Crippen LogP contribution in [0.25, 0.3) is 5.69 Å². The van der Waals surface area contributed by atoms with Gasteiger partial charge in [0.1, 0.15) is 13.0 Å². The van der Waals surface area contributed by atoms with Crippen molar-refractivity contribution >= 4 is 11.7 Å². The van der Waals surface area contributed by atoms with Gasteiger partial charge in [0.05, 0.1) is 18.6 Å². The zero-order valence-electron chi connectivity index (χ0n) is 13.0. The average molecular weight is 296 g/mol. The molecule has 0 unspecified atom stereocenters. The van der Waals surface area contributed by atoms with Gasteiger partial charge in [0.25, 0.3) is 0 Å². The number of aliphatic imine (C=N–C) groups is 1. The van der Waals surface area contributed by atoms with Crippen molar-refractivity contribution in [1.29, 1.82) is 0 Å². The number of fused-ring (bicyclic) bond motifs is 6. The molecule has 3 heterocycles. The van der Waals surface area contributed by atoms with E-state index in [0.717, 1.165) is 42.7 Å². The van der Waals surface area contributed by atoms with E-state index in [2.05, 4.69) is 62.6 Å². The number of nitrogens with zero attached hydrogens (tertiary/aromatic N) is 6. The molecule has 0 bridgehead atoms. The quantitative estimate of drug-likeness (QED) is 0.864. The number of para-hydroxylation sites is 1. The van der Waals surface area contributed by atoms with Crippen molar-refractivity contribution in [2.45, 2.75) is 13.8 Å². The number of anilines is 1. The number of rotatable bonds is 4. The van der Waals surface area contributed by atoms with Crippen LogP contribution in [-0.4, -0.2) is 51.7 Å². The molecule has 22 heavy (non-hydrogen) atoms. The van der Waals surface area contributed by atoms with Gasteiger partial charge in [0.15, 0.2) is 11.7 Å². The van der Waals surface area contributed by atoms with Gasteiger partial charge >= 0.3 is 0 Å². The highest BCUT2D eigenvalue weighted by Gasteiger charge is 2.36. The lowest BCUT2D eigenvalue weighted by atomic mass is 10.1. The van der Waals surface area contributed by atoms with Crippen molar-refractivity contribution in [2.75, 3.05) is 31.4 Å². The zero-order valence-corrected chi connectivity index (χ0v) is 13.0. The van der Waals surface area contributed by atoms with Crippen molar-refractivity contribution in [3.8, 4) is 5.69 Å². The predicted octanol–water partition coefficient (Wildman–Crippen LogP) is 1.93. The standard InChI is InChI=1S/C16H20N6/c1-3-19(4-2)12-20-11-18-16-13-7-5-6-8-14(13)21-10-17-9-15(21)22(16)20/h5-10H,3-4,11-12H2,1-2H3. The van der Waals surface area contributed by atoms with Crippen LogP contribution in [0, 0.1) is 0 Å². The van der Waals surface area contributed by atoms with Gasteiger partial charge in [-0.3, -0.25) is 9.47 Å². The van der Waals surface area contributed by atoms with Crippen LogP contribution >= 0.6 is 0 Å². The van der Waals surface area contributed by atoms with E-state index in [1.807, 2.05) is 12.5 Å². The molecule has 0 saturated carbocycles. The van der Waals surface area contributed by atoms with Crippen molar-refractivity contribution in [2.24, 2.45) is 4.99 Å². The second-order valence-corrected chi connectivity index (χ2v) is 5.53. The molecule has 0 spiro atoms.